The van der Waals surface area contributed by atoms with Crippen molar-refractivity contribution < 1.29 is 9.18 Å². The van der Waals surface area contributed by atoms with Crippen LogP contribution in [0.15, 0.2) is 24.3 Å². The fourth-order valence-corrected chi connectivity index (χ4v) is 2.99. The lowest BCUT2D eigenvalue weighted by atomic mass is 9.92. The van der Waals surface area contributed by atoms with Crippen molar-refractivity contribution >= 4 is 11.6 Å². The summed E-state index contributed by atoms with van der Waals surface area (Å²) in [6.07, 6.45) is 3.14. The molecule has 18 heavy (non-hydrogen) atoms. The molecule has 0 bridgehead atoms. The number of piperidine rings is 1. The minimum atomic E-state index is -0.319. The van der Waals surface area contributed by atoms with Crippen LogP contribution in [0.5, 0.6) is 0 Å². The van der Waals surface area contributed by atoms with Gasteiger partial charge in [0.15, 0.2) is 0 Å². The predicted molar refractivity (Wildman–Crippen MR) is 67.7 cm³/mol. The number of halogens is 1. The van der Waals surface area contributed by atoms with Crippen LogP contribution in [0.4, 0.5) is 10.1 Å². The first-order valence-corrected chi connectivity index (χ1v) is 6.47. The summed E-state index contributed by atoms with van der Waals surface area (Å²) < 4.78 is 13.0. The number of hydrogen-bond acceptors (Lipinski definition) is 2. The maximum absolute atomic E-state index is 13.0. The third-order valence-electron chi connectivity index (χ3n) is 4.20. The smallest absolute Gasteiger partial charge is 0.228 e. The summed E-state index contributed by atoms with van der Waals surface area (Å²) in [6.45, 7) is 2.01. The number of nitrogens with one attached hydrogen (secondary N) is 2. The van der Waals surface area contributed by atoms with Crippen molar-refractivity contribution in [1.29, 1.82) is 0 Å². The Hall–Kier alpha value is -1.42. The Morgan fingerprint density at radius 3 is 2.89 bits per heavy atom. The maximum Gasteiger partial charge on any atom is 0.228 e. The predicted octanol–water partition coefficient (Wildman–Crippen LogP) is 2.15. The number of carbonyl (C=O) groups excluding carboxylic acids is 1. The first-order valence-electron chi connectivity index (χ1n) is 6.47. The van der Waals surface area contributed by atoms with Gasteiger partial charge in [-0.3, -0.25) is 4.79 Å². The lowest BCUT2D eigenvalue weighted by molar-refractivity contribution is -0.118. The number of carbonyl (C=O) groups is 1. The summed E-state index contributed by atoms with van der Waals surface area (Å²) >= 11 is 0. The summed E-state index contributed by atoms with van der Waals surface area (Å²) in [7, 11) is 0. The van der Waals surface area contributed by atoms with Crippen molar-refractivity contribution in [2.75, 3.05) is 18.4 Å². The Balaban J connectivity index is 1.63. The minimum Gasteiger partial charge on any atom is -0.326 e. The van der Waals surface area contributed by atoms with Gasteiger partial charge in [0.1, 0.15) is 5.82 Å². The third kappa shape index (κ3) is 2.12. The van der Waals surface area contributed by atoms with Gasteiger partial charge >= 0.3 is 0 Å². The Labute approximate surface area is 106 Å². The van der Waals surface area contributed by atoms with Crippen LogP contribution in [0.1, 0.15) is 19.3 Å². The van der Waals surface area contributed by atoms with Gasteiger partial charge in [0.25, 0.3) is 0 Å². The van der Waals surface area contributed by atoms with Crippen LogP contribution in [-0.4, -0.2) is 19.0 Å². The largest absolute Gasteiger partial charge is 0.326 e. The molecule has 1 aromatic carbocycles. The fraction of sp³-hybridized carbons (Fsp3) is 0.500. The zero-order valence-corrected chi connectivity index (χ0v) is 10.2. The van der Waals surface area contributed by atoms with Gasteiger partial charge in [-0.15, -0.1) is 0 Å². The quantitative estimate of drug-likeness (QED) is 0.842. The van der Waals surface area contributed by atoms with Crippen LogP contribution in [0.3, 0.4) is 0 Å². The van der Waals surface area contributed by atoms with E-state index in [1.54, 1.807) is 12.1 Å². The number of amides is 1. The summed E-state index contributed by atoms with van der Waals surface area (Å²) in [5, 5.41) is 6.13. The van der Waals surface area contributed by atoms with E-state index in [0.717, 1.165) is 32.4 Å². The third-order valence-corrected chi connectivity index (χ3v) is 4.20. The van der Waals surface area contributed by atoms with Gasteiger partial charge in [-0.2, -0.15) is 0 Å². The molecule has 1 heterocycles. The van der Waals surface area contributed by atoms with Crippen LogP contribution in [0, 0.1) is 17.2 Å². The highest BCUT2D eigenvalue weighted by Crippen LogP contribution is 2.58. The lowest BCUT2D eigenvalue weighted by Crippen LogP contribution is -2.31. The average molecular weight is 248 g/mol. The van der Waals surface area contributed by atoms with E-state index in [9.17, 15) is 9.18 Å². The van der Waals surface area contributed by atoms with Gasteiger partial charge in [0.2, 0.25) is 5.91 Å². The second-order valence-corrected chi connectivity index (χ2v) is 5.37. The molecule has 2 aliphatic rings. The highest BCUT2D eigenvalue weighted by Gasteiger charge is 2.57. The number of hydrogen-bond donors (Lipinski definition) is 2. The molecule has 2 N–H and O–H groups in total. The molecule has 3 rings (SSSR count). The van der Waals surface area contributed by atoms with Gasteiger partial charge < -0.3 is 10.6 Å². The SMILES string of the molecule is O=C(Nc1cccc(F)c1)C1CC12CCNCC2. The molecular formula is C14H17FN2O. The lowest BCUT2D eigenvalue weighted by Gasteiger charge is -2.23. The zero-order chi connectivity index (χ0) is 12.6. The van der Waals surface area contributed by atoms with E-state index in [1.807, 2.05) is 0 Å². The molecule has 0 aromatic heterocycles. The zero-order valence-electron chi connectivity index (χ0n) is 10.2. The molecule has 1 saturated carbocycles. The van der Waals surface area contributed by atoms with Gasteiger partial charge in [-0.25, -0.2) is 4.39 Å². The van der Waals surface area contributed by atoms with Crippen molar-refractivity contribution in [3.63, 3.8) is 0 Å². The Morgan fingerprint density at radius 1 is 1.39 bits per heavy atom. The molecule has 1 unspecified atom stereocenters. The second kappa shape index (κ2) is 4.35. The first-order chi connectivity index (χ1) is 8.70. The average Bonchev–Trinajstić information content (AvgIpc) is 3.04. The summed E-state index contributed by atoms with van der Waals surface area (Å²) in [5.74, 6) is -0.162. The van der Waals surface area contributed by atoms with Crippen LogP contribution in [0.2, 0.25) is 0 Å². The molecule has 4 heteroatoms. The van der Waals surface area contributed by atoms with E-state index in [4.69, 9.17) is 0 Å². The van der Waals surface area contributed by atoms with Gasteiger partial charge in [-0.05, 0) is 56.0 Å². The van der Waals surface area contributed by atoms with Crippen molar-refractivity contribution in [1.82, 2.24) is 5.32 Å². The molecule has 1 aliphatic heterocycles. The molecular weight excluding hydrogens is 231 g/mol. The first kappa shape index (κ1) is 11.7. The summed E-state index contributed by atoms with van der Waals surface area (Å²) in [4.78, 5) is 12.1. The molecule has 1 aliphatic carbocycles. The molecule has 0 radical (unpaired) electrons. The molecule has 1 saturated heterocycles. The highest BCUT2D eigenvalue weighted by molar-refractivity contribution is 5.95. The standard InChI is InChI=1S/C14H17FN2O/c15-10-2-1-3-11(8-10)17-13(18)12-9-14(12)4-6-16-7-5-14/h1-3,8,12,16H,4-7,9H2,(H,17,18). The van der Waals surface area contributed by atoms with Gasteiger partial charge in [0.05, 0.1) is 0 Å². The van der Waals surface area contributed by atoms with E-state index in [2.05, 4.69) is 10.6 Å². The van der Waals surface area contributed by atoms with E-state index in [0.29, 0.717) is 5.69 Å². The Kier molecular flexibility index (Phi) is 2.82. The van der Waals surface area contributed by atoms with Crippen LogP contribution in [-0.2, 0) is 4.79 Å². The van der Waals surface area contributed by atoms with Crippen molar-refractivity contribution in [3.8, 4) is 0 Å². The van der Waals surface area contributed by atoms with E-state index in [-0.39, 0.29) is 23.1 Å². The van der Waals surface area contributed by atoms with E-state index >= 15 is 0 Å². The molecule has 96 valence electrons. The molecule has 2 fully saturated rings. The van der Waals surface area contributed by atoms with Gasteiger partial charge in [0, 0.05) is 11.6 Å². The summed E-state index contributed by atoms with van der Waals surface area (Å²) in [6, 6.07) is 6.06. The molecule has 1 aromatic rings. The molecule has 1 spiro atoms. The van der Waals surface area contributed by atoms with Crippen LogP contribution in [0.25, 0.3) is 0 Å². The topological polar surface area (TPSA) is 41.1 Å². The normalized spacial score (nSPS) is 24.8. The van der Waals surface area contributed by atoms with Crippen molar-refractivity contribution in [3.05, 3.63) is 30.1 Å². The Morgan fingerprint density at radius 2 is 2.17 bits per heavy atom. The monoisotopic (exact) mass is 248 g/mol. The second-order valence-electron chi connectivity index (χ2n) is 5.37. The van der Waals surface area contributed by atoms with E-state index < -0.39 is 0 Å². The fourth-order valence-electron chi connectivity index (χ4n) is 2.99. The molecule has 1 amide bonds. The summed E-state index contributed by atoms with van der Waals surface area (Å²) in [5.41, 5.74) is 0.777. The Bertz CT molecular complexity index is 469. The molecule has 3 nitrogen and oxygen atoms in total. The van der Waals surface area contributed by atoms with Crippen LogP contribution < -0.4 is 10.6 Å². The van der Waals surface area contributed by atoms with E-state index in [1.165, 1.54) is 12.1 Å². The highest BCUT2D eigenvalue weighted by atomic mass is 19.1. The van der Waals surface area contributed by atoms with Crippen LogP contribution >= 0.6 is 0 Å². The van der Waals surface area contributed by atoms with Crippen molar-refractivity contribution in [2.45, 2.75) is 19.3 Å². The molecule has 1 atom stereocenters. The maximum atomic E-state index is 13.0. The number of rotatable bonds is 2. The minimum absolute atomic E-state index is 0.0440. The number of benzene rings is 1. The van der Waals surface area contributed by atoms with Crippen molar-refractivity contribution in [2.24, 2.45) is 11.3 Å². The number of anilines is 1. The van der Waals surface area contributed by atoms with Gasteiger partial charge in [-0.1, -0.05) is 6.07 Å².